The predicted molar refractivity (Wildman–Crippen MR) is 95.3 cm³/mol. The summed E-state index contributed by atoms with van der Waals surface area (Å²) >= 11 is 0. The first-order valence-corrected chi connectivity index (χ1v) is 8.95. The van der Waals surface area contributed by atoms with Crippen LogP contribution >= 0.6 is 0 Å². The van der Waals surface area contributed by atoms with Crippen LogP contribution in [-0.4, -0.2) is 5.48 Å². The third-order valence-corrected chi connectivity index (χ3v) is 4.41. The Kier molecular flexibility index (Phi) is 17.4. The molecule has 0 saturated heterocycles. The smallest absolute Gasteiger partial charge is 0.0292 e. The van der Waals surface area contributed by atoms with Crippen LogP contribution in [0.2, 0.25) is 0 Å². The summed E-state index contributed by atoms with van der Waals surface area (Å²) in [6, 6.07) is 0. The van der Waals surface area contributed by atoms with Gasteiger partial charge < -0.3 is 5.48 Å². The van der Waals surface area contributed by atoms with E-state index in [1.807, 2.05) is 13.8 Å². The zero-order chi connectivity index (χ0) is 15.5. The summed E-state index contributed by atoms with van der Waals surface area (Å²) in [6.07, 6.45) is 8.40. The number of hydrogen-bond acceptors (Lipinski definition) is 0. The number of rotatable bonds is 1. The molecule has 0 aromatic carbocycles. The summed E-state index contributed by atoms with van der Waals surface area (Å²) in [5.74, 6) is 3.21. The molecule has 1 nitrogen and oxygen atoms in total. The Bertz CT molecular complexity index is 184. The first kappa shape index (κ1) is 24.9. The van der Waals surface area contributed by atoms with Gasteiger partial charge in [0, 0.05) is 0 Å². The van der Waals surface area contributed by atoms with E-state index in [1.165, 1.54) is 38.5 Å². The highest BCUT2D eigenvalue weighted by molar-refractivity contribution is 5.07. The van der Waals surface area contributed by atoms with Crippen molar-refractivity contribution >= 4 is 0 Å². The Morgan fingerprint density at radius 1 is 0.850 bits per heavy atom. The molecule has 2 unspecified atom stereocenters. The van der Waals surface area contributed by atoms with E-state index in [9.17, 15) is 0 Å². The van der Waals surface area contributed by atoms with Crippen molar-refractivity contribution in [2.24, 2.45) is 23.2 Å². The number of fused-ring (bicyclic) bond motifs is 1. The first-order chi connectivity index (χ1) is 8.95. The molecule has 2 fully saturated rings. The van der Waals surface area contributed by atoms with Gasteiger partial charge in [-0.05, 0) is 36.0 Å². The Balaban J connectivity index is -0.000000248. The van der Waals surface area contributed by atoms with Crippen molar-refractivity contribution in [3.05, 3.63) is 0 Å². The van der Waals surface area contributed by atoms with E-state index < -0.39 is 0 Å². The molecule has 2 N–H and O–H groups in total. The second-order valence-corrected chi connectivity index (χ2v) is 6.66. The molecule has 0 radical (unpaired) electrons. The van der Waals surface area contributed by atoms with Crippen molar-refractivity contribution in [1.82, 2.24) is 0 Å². The van der Waals surface area contributed by atoms with Gasteiger partial charge in [-0.3, -0.25) is 0 Å². The van der Waals surface area contributed by atoms with Crippen LogP contribution in [0.5, 0.6) is 0 Å². The maximum Gasteiger partial charge on any atom is -0.0292 e. The van der Waals surface area contributed by atoms with E-state index in [4.69, 9.17) is 0 Å². The first-order valence-electron chi connectivity index (χ1n) is 8.95. The summed E-state index contributed by atoms with van der Waals surface area (Å²) in [5, 5.41) is 0. The lowest BCUT2D eigenvalue weighted by Gasteiger charge is -2.15. The third kappa shape index (κ3) is 9.00. The normalized spacial score (nSPS) is 27.8. The highest BCUT2D eigenvalue weighted by Crippen LogP contribution is 2.65. The van der Waals surface area contributed by atoms with Crippen molar-refractivity contribution in [2.45, 2.75) is 101 Å². The van der Waals surface area contributed by atoms with E-state index in [0.29, 0.717) is 0 Å². The fourth-order valence-electron chi connectivity index (χ4n) is 2.91. The summed E-state index contributed by atoms with van der Waals surface area (Å²) in [5.41, 5.74) is 0.727. The van der Waals surface area contributed by atoms with Crippen molar-refractivity contribution in [3.63, 3.8) is 0 Å². The van der Waals surface area contributed by atoms with Gasteiger partial charge in [0.05, 0.1) is 0 Å². The van der Waals surface area contributed by atoms with E-state index in [1.54, 1.807) is 0 Å². The minimum absolute atomic E-state index is 0. The van der Waals surface area contributed by atoms with Crippen molar-refractivity contribution < 1.29 is 5.48 Å². The largest absolute Gasteiger partial charge is 0.412 e. The molecule has 1 heteroatoms. The fraction of sp³-hybridized carbons (Fsp3) is 1.00. The van der Waals surface area contributed by atoms with Crippen LogP contribution < -0.4 is 0 Å². The van der Waals surface area contributed by atoms with Crippen LogP contribution in [0.3, 0.4) is 0 Å². The molecular formula is C19H44O. The lowest BCUT2D eigenvalue weighted by atomic mass is 9.91. The molecule has 126 valence electrons. The highest BCUT2D eigenvalue weighted by Gasteiger charge is 2.58. The maximum absolute atomic E-state index is 2.44. The summed E-state index contributed by atoms with van der Waals surface area (Å²) in [7, 11) is 0. The Morgan fingerprint density at radius 3 is 1.50 bits per heavy atom. The SMILES string of the molecule is CC.CCC.CCCC.C[C@H]1CCC2C(C1)C2(C)C.O. The summed E-state index contributed by atoms with van der Waals surface area (Å²) < 4.78 is 0. The lowest BCUT2D eigenvalue weighted by Crippen LogP contribution is -2.03. The Labute approximate surface area is 130 Å². The van der Waals surface area contributed by atoms with Gasteiger partial charge in [-0.1, -0.05) is 88.0 Å². The predicted octanol–water partition coefficient (Wildman–Crippen LogP) is 6.50. The Hall–Kier alpha value is -0.0400. The maximum atomic E-state index is 2.44. The van der Waals surface area contributed by atoms with Gasteiger partial charge in [0.15, 0.2) is 0 Å². The quantitative estimate of drug-likeness (QED) is 0.527. The van der Waals surface area contributed by atoms with Crippen LogP contribution in [0.15, 0.2) is 0 Å². The van der Waals surface area contributed by atoms with Crippen molar-refractivity contribution in [2.75, 3.05) is 0 Å². The van der Waals surface area contributed by atoms with Crippen LogP contribution in [-0.2, 0) is 0 Å². The number of hydrogen-bond donors (Lipinski definition) is 0. The highest BCUT2D eigenvalue weighted by atomic mass is 16.0. The van der Waals surface area contributed by atoms with E-state index in [2.05, 4.69) is 48.5 Å². The molecule has 2 saturated carbocycles. The summed E-state index contributed by atoms with van der Waals surface area (Å²) in [4.78, 5) is 0. The van der Waals surface area contributed by atoms with Crippen molar-refractivity contribution in [1.29, 1.82) is 0 Å². The van der Waals surface area contributed by atoms with Gasteiger partial charge in [-0.15, -0.1) is 0 Å². The topological polar surface area (TPSA) is 31.5 Å². The molecule has 2 aliphatic rings. The van der Waals surface area contributed by atoms with Crippen LogP contribution in [0.25, 0.3) is 0 Å². The molecule has 0 spiro atoms. The zero-order valence-electron chi connectivity index (χ0n) is 16.0. The molecule has 0 aliphatic heterocycles. The molecule has 0 aromatic heterocycles. The zero-order valence-corrected chi connectivity index (χ0v) is 16.0. The van der Waals surface area contributed by atoms with Gasteiger partial charge >= 0.3 is 0 Å². The molecule has 0 amide bonds. The molecule has 2 aliphatic carbocycles. The minimum atomic E-state index is 0. The van der Waals surface area contributed by atoms with Gasteiger partial charge in [-0.2, -0.15) is 0 Å². The van der Waals surface area contributed by atoms with Crippen LogP contribution in [0, 0.1) is 23.2 Å². The van der Waals surface area contributed by atoms with E-state index >= 15 is 0 Å². The average Bonchev–Trinajstić information content (AvgIpc) is 2.94. The number of unbranched alkanes of at least 4 members (excludes halogenated alkanes) is 1. The van der Waals surface area contributed by atoms with Gasteiger partial charge in [0.2, 0.25) is 0 Å². The molecule has 0 bridgehead atoms. The fourth-order valence-corrected chi connectivity index (χ4v) is 2.91. The monoisotopic (exact) mass is 288 g/mol. The van der Waals surface area contributed by atoms with Gasteiger partial charge in [-0.25, -0.2) is 0 Å². The molecule has 2 rings (SSSR count). The second kappa shape index (κ2) is 13.9. The van der Waals surface area contributed by atoms with Crippen LogP contribution in [0.1, 0.15) is 101 Å². The van der Waals surface area contributed by atoms with Crippen LogP contribution in [0.4, 0.5) is 0 Å². The minimum Gasteiger partial charge on any atom is -0.412 e. The van der Waals surface area contributed by atoms with Gasteiger partial charge in [0.25, 0.3) is 0 Å². The summed E-state index contributed by atoms with van der Waals surface area (Å²) in [6.45, 7) is 19.9. The van der Waals surface area contributed by atoms with E-state index in [0.717, 1.165) is 23.2 Å². The van der Waals surface area contributed by atoms with Crippen molar-refractivity contribution in [3.8, 4) is 0 Å². The van der Waals surface area contributed by atoms with Gasteiger partial charge in [0.1, 0.15) is 0 Å². The third-order valence-electron chi connectivity index (χ3n) is 4.41. The van der Waals surface area contributed by atoms with E-state index in [-0.39, 0.29) is 5.48 Å². The second-order valence-electron chi connectivity index (χ2n) is 6.66. The standard InChI is InChI=1S/C10H18.C4H10.C3H8.C2H6.H2O/c1-7-4-5-8-9(6-7)10(8,2)3;1-3-4-2;1-3-2;1-2;/h7-9H,4-6H2,1-3H3;3-4H2,1-2H3;3H2,1-2H3;1-2H3;1H2/t7-,8?,9?;;;;/m0..../s1. The molecular weight excluding hydrogens is 244 g/mol. The molecule has 0 aromatic rings. The Morgan fingerprint density at radius 2 is 1.25 bits per heavy atom. The average molecular weight is 289 g/mol. The molecule has 0 heterocycles. The lowest BCUT2D eigenvalue weighted by molar-refractivity contribution is 0.367. The molecule has 20 heavy (non-hydrogen) atoms. The molecule has 3 atom stereocenters.